The second kappa shape index (κ2) is 5.68. The quantitative estimate of drug-likeness (QED) is 0.943. The van der Waals surface area contributed by atoms with Gasteiger partial charge in [-0.3, -0.25) is 4.98 Å². The molecule has 2 aromatic rings. The van der Waals surface area contributed by atoms with E-state index in [1.807, 2.05) is 0 Å². The molecule has 0 amide bonds. The minimum absolute atomic E-state index is 0.348. The molecule has 0 saturated heterocycles. The molecule has 0 spiro atoms. The van der Waals surface area contributed by atoms with Gasteiger partial charge in [-0.05, 0) is 43.2 Å². The van der Waals surface area contributed by atoms with E-state index in [1.54, 1.807) is 44.4 Å². The summed E-state index contributed by atoms with van der Waals surface area (Å²) in [6, 6.07) is 7.01. The highest BCUT2D eigenvalue weighted by Gasteiger charge is 2.22. The van der Waals surface area contributed by atoms with E-state index in [9.17, 15) is 12.8 Å². The van der Waals surface area contributed by atoms with E-state index in [-0.39, 0.29) is 4.90 Å². The summed E-state index contributed by atoms with van der Waals surface area (Å²) in [5.74, 6) is -0.754. The summed E-state index contributed by atoms with van der Waals surface area (Å²) in [4.78, 5) is 3.58. The van der Waals surface area contributed by atoms with Gasteiger partial charge in [0.05, 0.1) is 0 Å². The lowest BCUT2D eigenvalue weighted by atomic mass is 10.2. The number of nitrogens with zero attached hydrogens (tertiary/aromatic N) is 1. The number of aromatic nitrogens is 1. The zero-order valence-corrected chi connectivity index (χ0v) is 12.0. The number of sulfonamides is 1. The van der Waals surface area contributed by atoms with Crippen LogP contribution in [0.3, 0.4) is 0 Å². The summed E-state index contributed by atoms with van der Waals surface area (Å²) in [6.45, 7) is 3.38. The van der Waals surface area contributed by atoms with Crippen molar-refractivity contribution in [2.24, 2.45) is 0 Å². The van der Waals surface area contributed by atoms with E-state index in [0.717, 1.165) is 0 Å². The highest BCUT2D eigenvalue weighted by molar-refractivity contribution is 7.89. The molecule has 0 aliphatic heterocycles. The summed E-state index contributed by atoms with van der Waals surface area (Å²) >= 11 is 0. The van der Waals surface area contributed by atoms with Crippen molar-refractivity contribution < 1.29 is 12.8 Å². The average molecular weight is 294 g/mol. The molecule has 0 unspecified atom stereocenters. The third-order valence-electron chi connectivity index (χ3n) is 2.89. The molecule has 0 radical (unpaired) electrons. The van der Waals surface area contributed by atoms with Crippen molar-refractivity contribution in [2.75, 3.05) is 0 Å². The molecule has 1 atom stereocenters. The van der Waals surface area contributed by atoms with Gasteiger partial charge in [0.1, 0.15) is 10.7 Å². The van der Waals surface area contributed by atoms with Crippen LogP contribution in [0.2, 0.25) is 0 Å². The van der Waals surface area contributed by atoms with Crippen LogP contribution >= 0.6 is 0 Å². The highest BCUT2D eigenvalue weighted by Crippen LogP contribution is 2.19. The summed E-state index contributed by atoms with van der Waals surface area (Å²) in [7, 11) is -3.91. The minimum Gasteiger partial charge on any atom is -0.264 e. The van der Waals surface area contributed by atoms with E-state index < -0.39 is 21.9 Å². The van der Waals surface area contributed by atoms with Crippen LogP contribution in [0, 0.1) is 12.7 Å². The molecule has 0 aliphatic rings. The number of aryl methyl sites for hydroxylation is 1. The van der Waals surface area contributed by atoms with Crippen molar-refractivity contribution in [3.63, 3.8) is 0 Å². The third-order valence-corrected chi connectivity index (χ3v) is 4.47. The number of rotatable bonds is 4. The fraction of sp³-hybridized carbons (Fsp3) is 0.214. The zero-order chi connectivity index (χ0) is 14.8. The number of hydrogen-bond donors (Lipinski definition) is 1. The SMILES string of the molecule is Cc1ccc(S(=O)(=O)N[C@H](C)c2cccnc2)c(F)c1. The Hall–Kier alpha value is -1.79. The first-order valence-electron chi connectivity index (χ1n) is 6.08. The Morgan fingerprint density at radius 3 is 2.65 bits per heavy atom. The van der Waals surface area contributed by atoms with Gasteiger partial charge in [0.25, 0.3) is 0 Å². The third kappa shape index (κ3) is 3.20. The lowest BCUT2D eigenvalue weighted by Gasteiger charge is -2.14. The summed E-state index contributed by atoms with van der Waals surface area (Å²) in [5.41, 5.74) is 1.38. The van der Waals surface area contributed by atoms with Crippen LogP contribution in [0.4, 0.5) is 4.39 Å². The maximum atomic E-state index is 13.8. The van der Waals surface area contributed by atoms with Gasteiger partial charge in [-0.15, -0.1) is 0 Å². The summed E-state index contributed by atoms with van der Waals surface area (Å²) < 4.78 is 40.6. The molecule has 0 fully saturated rings. The first kappa shape index (κ1) is 14.6. The Bertz CT molecular complexity index is 702. The van der Waals surface area contributed by atoms with Crippen molar-refractivity contribution in [3.05, 3.63) is 59.7 Å². The maximum absolute atomic E-state index is 13.8. The predicted octanol–water partition coefficient (Wildman–Crippen LogP) is 2.57. The van der Waals surface area contributed by atoms with E-state index in [1.165, 1.54) is 12.1 Å². The van der Waals surface area contributed by atoms with E-state index in [4.69, 9.17) is 0 Å². The first-order valence-corrected chi connectivity index (χ1v) is 7.57. The largest absolute Gasteiger partial charge is 0.264 e. The van der Waals surface area contributed by atoms with Crippen LogP contribution in [0.25, 0.3) is 0 Å². The number of pyridine rings is 1. The Morgan fingerprint density at radius 1 is 1.30 bits per heavy atom. The monoisotopic (exact) mass is 294 g/mol. The second-order valence-corrected chi connectivity index (χ2v) is 6.25. The second-order valence-electron chi connectivity index (χ2n) is 4.56. The molecule has 0 saturated carbocycles. The number of hydrogen-bond acceptors (Lipinski definition) is 3. The number of benzene rings is 1. The molecule has 1 heterocycles. The molecule has 1 aromatic heterocycles. The molecule has 1 N–H and O–H groups in total. The van der Waals surface area contributed by atoms with Gasteiger partial charge in [0, 0.05) is 18.4 Å². The molecule has 0 aliphatic carbocycles. The van der Waals surface area contributed by atoms with Gasteiger partial charge in [-0.1, -0.05) is 12.1 Å². The average Bonchev–Trinajstić information content (AvgIpc) is 2.38. The Morgan fingerprint density at radius 2 is 2.05 bits per heavy atom. The lowest BCUT2D eigenvalue weighted by Crippen LogP contribution is -2.27. The topological polar surface area (TPSA) is 59.1 Å². The van der Waals surface area contributed by atoms with Gasteiger partial charge in [-0.25, -0.2) is 17.5 Å². The maximum Gasteiger partial charge on any atom is 0.244 e. The van der Waals surface area contributed by atoms with Crippen molar-refractivity contribution in [2.45, 2.75) is 24.8 Å². The molecular formula is C14H15FN2O2S. The number of nitrogens with one attached hydrogen (secondary N) is 1. The van der Waals surface area contributed by atoms with E-state index >= 15 is 0 Å². The van der Waals surface area contributed by atoms with E-state index in [2.05, 4.69) is 9.71 Å². The van der Waals surface area contributed by atoms with Gasteiger partial charge < -0.3 is 0 Å². The molecule has 2 rings (SSSR count). The minimum atomic E-state index is -3.91. The van der Waals surface area contributed by atoms with Gasteiger partial charge in [0.15, 0.2) is 0 Å². The summed E-state index contributed by atoms with van der Waals surface area (Å²) in [6.07, 6.45) is 3.17. The van der Waals surface area contributed by atoms with Crippen LogP contribution in [0.1, 0.15) is 24.1 Å². The lowest BCUT2D eigenvalue weighted by molar-refractivity contribution is 0.546. The van der Waals surface area contributed by atoms with Crippen LogP contribution in [-0.2, 0) is 10.0 Å². The molecular weight excluding hydrogens is 279 g/mol. The van der Waals surface area contributed by atoms with Crippen molar-refractivity contribution in [3.8, 4) is 0 Å². The van der Waals surface area contributed by atoms with Crippen LogP contribution in [0.5, 0.6) is 0 Å². The van der Waals surface area contributed by atoms with E-state index in [0.29, 0.717) is 11.1 Å². The number of halogens is 1. The van der Waals surface area contributed by atoms with Crippen LogP contribution < -0.4 is 4.72 Å². The zero-order valence-electron chi connectivity index (χ0n) is 11.2. The Labute approximate surface area is 117 Å². The van der Waals surface area contributed by atoms with Gasteiger partial charge >= 0.3 is 0 Å². The van der Waals surface area contributed by atoms with Crippen molar-refractivity contribution in [1.29, 1.82) is 0 Å². The van der Waals surface area contributed by atoms with Gasteiger partial charge in [0.2, 0.25) is 10.0 Å². The predicted molar refractivity (Wildman–Crippen MR) is 74.1 cm³/mol. The van der Waals surface area contributed by atoms with Crippen LogP contribution in [-0.4, -0.2) is 13.4 Å². The molecule has 4 nitrogen and oxygen atoms in total. The summed E-state index contributed by atoms with van der Waals surface area (Å²) in [5, 5.41) is 0. The smallest absolute Gasteiger partial charge is 0.244 e. The molecule has 0 bridgehead atoms. The molecule has 106 valence electrons. The molecule has 6 heteroatoms. The normalized spacial score (nSPS) is 13.2. The van der Waals surface area contributed by atoms with Crippen molar-refractivity contribution >= 4 is 10.0 Å². The first-order chi connectivity index (χ1) is 9.40. The van der Waals surface area contributed by atoms with Crippen LogP contribution in [0.15, 0.2) is 47.6 Å². The highest BCUT2D eigenvalue weighted by atomic mass is 32.2. The molecule has 20 heavy (non-hydrogen) atoms. The fourth-order valence-corrected chi connectivity index (χ4v) is 3.11. The molecule has 1 aromatic carbocycles. The van der Waals surface area contributed by atoms with Gasteiger partial charge in [-0.2, -0.15) is 0 Å². The Kier molecular flexibility index (Phi) is 4.15. The fourth-order valence-electron chi connectivity index (χ4n) is 1.82. The van der Waals surface area contributed by atoms with Crippen molar-refractivity contribution in [1.82, 2.24) is 9.71 Å². The Balaban J connectivity index is 2.28. The standard InChI is InChI=1S/C14H15FN2O2S/c1-10-5-6-14(13(15)8-10)20(18,19)17-11(2)12-4-3-7-16-9-12/h3-9,11,17H,1-2H3/t11-/m1/s1.